The summed E-state index contributed by atoms with van der Waals surface area (Å²) in [5, 5.41) is 0.556. The van der Waals surface area contributed by atoms with Crippen molar-refractivity contribution >= 4 is 33.2 Å². The van der Waals surface area contributed by atoms with Crippen LogP contribution in [0.2, 0.25) is 0 Å². The summed E-state index contributed by atoms with van der Waals surface area (Å²) >= 11 is 0. The molecule has 0 N–H and O–H groups in total. The minimum absolute atomic E-state index is 0.0733. The van der Waals surface area contributed by atoms with Gasteiger partial charge in [0.15, 0.2) is 11.3 Å². The molecule has 0 bridgehead atoms. The summed E-state index contributed by atoms with van der Waals surface area (Å²) in [6.45, 7) is 3.28. The van der Waals surface area contributed by atoms with Crippen molar-refractivity contribution in [1.82, 2.24) is 24.1 Å². The summed E-state index contributed by atoms with van der Waals surface area (Å²) in [7, 11) is 0. The molecule has 6 nitrogen and oxygen atoms in total. The molecule has 0 amide bonds. The van der Waals surface area contributed by atoms with Gasteiger partial charge in [-0.3, -0.25) is 9.36 Å². The predicted molar refractivity (Wildman–Crippen MR) is 136 cm³/mol. The second-order valence-corrected chi connectivity index (χ2v) is 9.26. The summed E-state index contributed by atoms with van der Waals surface area (Å²) in [5.41, 5.74) is 7.35. The third-order valence-corrected chi connectivity index (χ3v) is 6.83. The summed E-state index contributed by atoms with van der Waals surface area (Å²) in [6.07, 6.45) is 9.84. The fourth-order valence-electron chi connectivity index (χ4n) is 4.94. The largest absolute Gasteiger partial charge is 0.308 e. The molecule has 5 aromatic rings. The summed E-state index contributed by atoms with van der Waals surface area (Å²) in [4.78, 5) is 28.3. The number of aromatic nitrogens is 5. The highest BCUT2D eigenvalue weighted by molar-refractivity contribution is 6.04. The van der Waals surface area contributed by atoms with Crippen LogP contribution in [0.4, 0.5) is 0 Å². The van der Waals surface area contributed by atoms with Gasteiger partial charge in [0.25, 0.3) is 5.56 Å². The zero-order valence-corrected chi connectivity index (χ0v) is 19.4. The fraction of sp³-hybridized carbons (Fsp3) is 0.286. The zero-order valence-electron chi connectivity index (χ0n) is 19.4. The first-order valence-electron chi connectivity index (χ1n) is 12.0. The van der Waals surface area contributed by atoms with Crippen LogP contribution in [-0.2, 0) is 13.1 Å². The van der Waals surface area contributed by atoms with Crippen LogP contribution in [0.25, 0.3) is 33.2 Å². The van der Waals surface area contributed by atoms with Crippen molar-refractivity contribution < 1.29 is 0 Å². The minimum Gasteiger partial charge on any atom is -0.308 e. The first-order valence-corrected chi connectivity index (χ1v) is 12.0. The molecular weight excluding hydrogens is 422 g/mol. The summed E-state index contributed by atoms with van der Waals surface area (Å²) in [5.74, 6) is 0. The quantitative estimate of drug-likeness (QED) is 0.330. The van der Waals surface area contributed by atoms with Crippen LogP contribution in [0, 0.1) is 6.92 Å². The Hall–Kier alpha value is -3.80. The minimum atomic E-state index is -0.0733. The van der Waals surface area contributed by atoms with Gasteiger partial charge in [0.1, 0.15) is 17.2 Å². The molecule has 0 aliphatic heterocycles. The van der Waals surface area contributed by atoms with Crippen LogP contribution >= 0.6 is 0 Å². The Morgan fingerprint density at radius 2 is 1.74 bits per heavy atom. The zero-order chi connectivity index (χ0) is 23.1. The van der Waals surface area contributed by atoms with Gasteiger partial charge in [-0.15, -0.1) is 0 Å². The Balaban J connectivity index is 1.52. The van der Waals surface area contributed by atoms with E-state index in [4.69, 9.17) is 15.0 Å². The standard InChI is InChI=1S/C28H27N5O/c1-19-11-13-21(14-12-19)17-32-18-29-26-24(28(32)34)25-27(31-23-10-6-5-9-22(23)30-25)33(26)16-15-20-7-3-2-4-8-20/h5-7,9-14,18H,2-4,8,15-17H2,1H3. The van der Waals surface area contributed by atoms with E-state index in [1.54, 1.807) is 10.9 Å². The average Bonchev–Trinajstić information content (AvgIpc) is 3.18. The molecule has 0 radical (unpaired) electrons. The van der Waals surface area contributed by atoms with Crippen molar-refractivity contribution in [2.24, 2.45) is 0 Å². The first-order chi connectivity index (χ1) is 16.7. The van der Waals surface area contributed by atoms with Gasteiger partial charge in [0, 0.05) is 6.54 Å². The number of benzene rings is 2. The van der Waals surface area contributed by atoms with Gasteiger partial charge in [-0.2, -0.15) is 0 Å². The van der Waals surface area contributed by atoms with Gasteiger partial charge in [-0.05, 0) is 56.7 Å². The van der Waals surface area contributed by atoms with E-state index in [2.05, 4.69) is 41.8 Å². The highest BCUT2D eigenvalue weighted by Gasteiger charge is 2.20. The van der Waals surface area contributed by atoms with Crippen molar-refractivity contribution in [3.05, 3.63) is 88.0 Å². The number of para-hydroxylation sites is 2. The lowest BCUT2D eigenvalue weighted by atomic mass is 9.97. The van der Waals surface area contributed by atoms with E-state index in [0.29, 0.717) is 23.1 Å². The van der Waals surface area contributed by atoms with E-state index < -0.39 is 0 Å². The van der Waals surface area contributed by atoms with Crippen molar-refractivity contribution in [1.29, 1.82) is 0 Å². The molecule has 6 heteroatoms. The molecular formula is C28H27N5O. The normalized spacial score (nSPS) is 14.2. The third-order valence-electron chi connectivity index (χ3n) is 6.83. The number of hydrogen-bond donors (Lipinski definition) is 0. The Kier molecular flexibility index (Phi) is 5.21. The molecule has 0 fully saturated rings. The molecule has 2 aromatic carbocycles. The molecule has 1 aliphatic carbocycles. The maximum Gasteiger partial charge on any atom is 0.265 e. The van der Waals surface area contributed by atoms with Gasteiger partial charge in [0.05, 0.1) is 17.6 Å². The number of aryl methyl sites for hydroxylation is 2. The maximum absolute atomic E-state index is 13.7. The van der Waals surface area contributed by atoms with E-state index in [1.165, 1.54) is 24.0 Å². The summed E-state index contributed by atoms with van der Waals surface area (Å²) < 4.78 is 3.77. The molecule has 0 unspecified atom stereocenters. The lowest BCUT2D eigenvalue weighted by Crippen LogP contribution is -2.21. The number of fused-ring (bicyclic) bond motifs is 4. The van der Waals surface area contributed by atoms with Crippen LogP contribution < -0.4 is 5.56 Å². The SMILES string of the molecule is Cc1ccc(Cn2cnc3c(c2=O)c2nc4ccccc4nc2n3CCC2=CCCCC2)cc1. The number of rotatable bonds is 5. The van der Waals surface area contributed by atoms with Gasteiger partial charge in [-0.25, -0.2) is 15.0 Å². The smallest absolute Gasteiger partial charge is 0.265 e. The second kappa shape index (κ2) is 8.52. The van der Waals surface area contributed by atoms with Gasteiger partial charge < -0.3 is 4.57 Å². The monoisotopic (exact) mass is 449 g/mol. The molecule has 1 aliphatic rings. The Morgan fingerprint density at radius 1 is 0.941 bits per heavy atom. The second-order valence-electron chi connectivity index (χ2n) is 9.26. The fourth-order valence-corrected chi connectivity index (χ4v) is 4.94. The van der Waals surface area contributed by atoms with E-state index in [9.17, 15) is 4.79 Å². The van der Waals surface area contributed by atoms with Crippen molar-refractivity contribution in [3.63, 3.8) is 0 Å². The van der Waals surface area contributed by atoms with Gasteiger partial charge in [0.2, 0.25) is 0 Å². The Morgan fingerprint density at radius 3 is 2.50 bits per heavy atom. The van der Waals surface area contributed by atoms with E-state index in [1.807, 2.05) is 24.3 Å². The maximum atomic E-state index is 13.7. The van der Waals surface area contributed by atoms with Gasteiger partial charge in [-0.1, -0.05) is 53.6 Å². The van der Waals surface area contributed by atoms with E-state index >= 15 is 0 Å². The van der Waals surface area contributed by atoms with Crippen LogP contribution in [0.5, 0.6) is 0 Å². The molecule has 0 saturated heterocycles. The molecule has 3 aromatic heterocycles. The molecule has 0 atom stereocenters. The first kappa shape index (κ1) is 20.8. The molecule has 0 spiro atoms. The Labute approximate surface area is 197 Å². The molecule has 0 saturated carbocycles. The lowest BCUT2D eigenvalue weighted by molar-refractivity contribution is 0.637. The molecule has 34 heavy (non-hydrogen) atoms. The Bertz CT molecular complexity index is 1610. The highest BCUT2D eigenvalue weighted by Crippen LogP contribution is 2.27. The predicted octanol–water partition coefficient (Wildman–Crippen LogP) is 5.54. The van der Waals surface area contributed by atoms with Crippen molar-refractivity contribution in [3.8, 4) is 0 Å². The van der Waals surface area contributed by atoms with Crippen LogP contribution in [-0.4, -0.2) is 24.1 Å². The van der Waals surface area contributed by atoms with E-state index in [-0.39, 0.29) is 5.56 Å². The molecule has 170 valence electrons. The molecule has 3 heterocycles. The topological polar surface area (TPSA) is 65.6 Å². The highest BCUT2D eigenvalue weighted by atomic mass is 16.1. The average molecular weight is 450 g/mol. The lowest BCUT2D eigenvalue weighted by Gasteiger charge is -2.13. The van der Waals surface area contributed by atoms with Crippen LogP contribution in [0.3, 0.4) is 0 Å². The third kappa shape index (κ3) is 3.69. The van der Waals surface area contributed by atoms with Crippen molar-refractivity contribution in [2.45, 2.75) is 52.1 Å². The van der Waals surface area contributed by atoms with Crippen LogP contribution in [0.15, 0.2) is 71.3 Å². The molecule has 6 rings (SSSR count). The van der Waals surface area contributed by atoms with E-state index in [0.717, 1.165) is 48.1 Å². The number of hydrogen-bond acceptors (Lipinski definition) is 4. The number of allylic oxidation sites excluding steroid dienone is 2. The van der Waals surface area contributed by atoms with Crippen molar-refractivity contribution in [2.75, 3.05) is 0 Å². The number of nitrogens with zero attached hydrogens (tertiary/aromatic N) is 5. The van der Waals surface area contributed by atoms with Crippen LogP contribution in [0.1, 0.15) is 43.2 Å². The van der Waals surface area contributed by atoms with Gasteiger partial charge >= 0.3 is 0 Å². The summed E-state index contributed by atoms with van der Waals surface area (Å²) in [6, 6.07) is 16.1.